The number of likely N-dealkylation sites (N-methyl/N-ethyl adjacent to an activating group) is 1. The fraction of sp³-hybridized carbons (Fsp3) is 0.250. The molecule has 0 unspecified atom stereocenters. The van der Waals surface area contributed by atoms with Crippen molar-refractivity contribution >= 4 is 17.8 Å². The summed E-state index contributed by atoms with van der Waals surface area (Å²) in [7, 11) is 1.55. The van der Waals surface area contributed by atoms with Crippen LogP contribution in [0.25, 0.3) is 0 Å². The van der Waals surface area contributed by atoms with Crippen molar-refractivity contribution in [2.24, 2.45) is 0 Å². The Kier molecular flexibility index (Phi) is 5.49. The van der Waals surface area contributed by atoms with Crippen LogP contribution in [0.4, 0.5) is 9.18 Å². The molecule has 2 aromatic carbocycles. The first-order valence-corrected chi connectivity index (χ1v) is 8.58. The predicted molar refractivity (Wildman–Crippen MR) is 97.1 cm³/mol. The van der Waals surface area contributed by atoms with Crippen LogP contribution in [0, 0.1) is 5.82 Å². The number of nitrogens with one attached hydrogen (secondary N) is 1. The summed E-state index contributed by atoms with van der Waals surface area (Å²) >= 11 is 0. The van der Waals surface area contributed by atoms with Crippen LogP contribution in [0.3, 0.4) is 0 Å². The lowest BCUT2D eigenvalue weighted by Crippen LogP contribution is -2.41. The molecule has 6 nitrogen and oxygen atoms in total. The Bertz CT molecular complexity index is 857. The highest BCUT2D eigenvalue weighted by molar-refractivity contribution is 6.06. The Morgan fingerprint density at radius 3 is 2.52 bits per heavy atom. The molecule has 27 heavy (non-hydrogen) atoms. The Morgan fingerprint density at radius 2 is 1.81 bits per heavy atom. The van der Waals surface area contributed by atoms with Crippen LogP contribution in [0.5, 0.6) is 0 Å². The quantitative estimate of drug-likeness (QED) is 0.792. The van der Waals surface area contributed by atoms with E-state index in [4.69, 9.17) is 0 Å². The average molecular weight is 369 g/mol. The first-order chi connectivity index (χ1) is 12.9. The van der Waals surface area contributed by atoms with Gasteiger partial charge >= 0.3 is 6.03 Å². The standard InChI is InChI=1S/C20H20FN3O3/c1-23(12-15-8-5-9-16(21)10-15)18(25)13-24-19(26)17(22-20(24)27)11-14-6-3-2-4-7-14/h2-10,17H,11-13H2,1H3,(H,22,27)/t17-/m1/s1. The maximum atomic E-state index is 13.3. The number of urea groups is 1. The van der Waals surface area contributed by atoms with Gasteiger partial charge in [0, 0.05) is 20.0 Å². The van der Waals surface area contributed by atoms with E-state index in [9.17, 15) is 18.8 Å². The number of benzene rings is 2. The van der Waals surface area contributed by atoms with E-state index in [2.05, 4.69) is 5.32 Å². The molecule has 0 aliphatic carbocycles. The summed E-state index contributed by atoms with van der Waals surface area (Å²) in [6.07, 6.45) is 0.370. The lowest BCUT2D eigenvalue weighted by atomic mass is 10.1. The molecule has 1 N–H and O–H groups in total. The van der Waals surface area contributed by atoms with Crippen molar-refractivity contribution in [1.29, 1.82) is 0 Å². The Hall–Kier alpha value is -3.22. The molecular formula is C20H20FN3O3. The number of amides is 4. The molecule has 0 aromatic heterocycles. The van der Waals surface area contributed by atoms with Gasteiger partial charge in [-0.3, -0.25) is 14.5 Å². The molecule has 1 atom stereocenters. The van der Waals surface area contributed by atoms with Gasteiger partial charge in [0.15, 0.2) is 0 Å². The van der Waals surface area contributed by atoms with Crippen LogP contribution in [0.2, 0.25) is 0 Å². The van der Waals surface area contributed by atoms with Gasteiger partial charge in [-0.05, 0) is 23.3 Å². The Morgan fingerprint density at radius 1 is 1.11 bits per heavy atom. The minimum Gasteiger partial charge on any atom is -0.340 e. The second-order valence-corrected chi connectivity index (χ2v) is 6.50. The van der Waals surface area contributed by atoms with Crippen LogP contribution >= 0.6 is 0 Å². The number of halogens is 1. The van der Waals surface area contributed by atoms with E-state index in [0.29, 0.717) is 12.0 Å². The number of hydrogen-bond donors (Lipinski definition) is 1. The van der Waals surface area contributed by atoms with Crippen molar-refractivity contribution in [1.82, 2.24) is 15.1 Å². The highest BCUT2D eigenvalue weighted by Gasteiger charge is 2.39. The molecule has 1 heterocycles. The number of rotatable bonds is 6. The van der Waals surface area contributed by atoms with Crippen molar-refractivity contribution in [2.45, 2.75) is 19.0 Å². The van der Waals surface area contributed by atoms with Crippen molar-refractivity contribution < 1.29 is 18.8 Å². The van der Waals surface area contributed by atoms with E-state index in [1.807, 2.05) is 30.3 Å². The third-order valence-electron chi connectivity index (χ3n) is 4.42. The van der Waals surface area contributed by atoms with Crippen LogP contribution in [0.1, 0.15) is 11.1 Å². The predicted octanol–water partition coefficient (Wildman–Crippen LogP) is 1.95. The molecular weight excluding hydrogens is 349 g/mol. The van der Waals surface area contributed by atoms with E-state index >= 15 is 0 Å². The molecule has 0 spiro atoms. The second kappa shape index (κ2) is 7.99. The zero-order chi connectivity index (χ0) is 19.4. The highest BCUT2D eigenvalue weighted by atomic mass is 19.1. The fourth-order valence-corrected chi connectivity index (χ4v) is 2.97. The summed E-state index contributed by atoms with van der Waals surface area (Å²) in [5, 5.41) is 2.62. The number of carbonyl (C=O) groups excluding carboxylic acids is 3. The third kappa shape index (κ3) is 4.49. The molecule has 0 bridgehead atoms. The molecule has 1 fully saturated rings. The second-order valence-electron chi connectivity index (χ2n) is 6.50. The van der Waals surface area contributed by atoms with Gasteiger partial charge in [0.2, 0.25) is 5.91 Å². The average Bonchev–Trinajstić information content (AvgIpc) is 2.90. The Balaban J connectivity index is 1.60. The van der Waals surface area contributed by atoms with E-state index in [1.165, 1.54) is 17.0 Å². The summed E-state index contributed by atoms with van der Waals surface area (Å²) in [5.41, 5.74) is 1.55. The molecule has 3 rings (SSSR count). The molecule has 4 amide bonds. The van der Waals surface area contributed by atoms with Gasteiger partial charge in [0.1, 0.15) is 18.4 Å². The normalized spacial score (nSPS) is 16.4. The lowest BCUT2D eigenvalue weighted by molar-refractivity contribution is -0.136. The van der Waals surface area contributed by atoms with E-state index in [0.717, 1.165) is 10.5 Å². The molecule has 0 radical (unpaired) electrons. The fourth-order valence-electron chi connectivity index (χ4n) is 2.97. The van der Waals surface area contributed by atoms with Crippen molar-refractivity contribution in [3.63, 3.8) is 0 Å². The maximum absolute atomic E-state index is 13.3. The number of imide groups is 1. The van der Waals surface area contributed by atoms with Gasteiger partial charge in [-0.1, -0.05) is 42.5 Å². The van der Waals surface area contributed by atoms with Crippen LogP contribution in [0.15, 0.2) is 54.6 Å². The minimum atomic E-state index is -0.679. The zero-order valence-corrected chi connectivity index (χ0v) is 14.9. The van der Waals surface area contributed by atoms with Crippen molar-refractivity contribution in [2.75, 3.05) is 13.6 Å². The van der Waals surface area contributed by atoms with E-state index in [-0.39, 0.29) is 18.9 Å². The van der Waals surface area contributed by atoms with Crippen LogP contribution in [-0.4, -0.2) is 47.3 Å². The lowest BCUT2D eigenvalue weighted by Gasteiger charge is -2.20. The molecule has 2 aromatic rings. The smallest absolute Gasteiger partial charge is 0.325 e. The topological polar surface area (TPSA) is 69.7 Å². The van der Waals surface area contributed by atoms with Gasteiger partial charge in [-0.25, -0.2) is 9.18 Å². The first kappa shape index (κ1) is 18.6. The molecule has 1 aliphatic rings. The molecule has 7 heteroatoms. The summed E-state index contributed by atoms with van der Waals surface area (Å²) in [4.78, 5) is 39.3. The van der Waals surface area contributed by atoms with Gasteiger partial charge in [0.25, 0.3) is 5.91 Å². The molecule has 0 saturated carbocycles. The van der Waals surface area contributed by atoms with Gasteiger partial charge in [-0.2, -0.15) is 0 Å². The molecule has 1 saturated heterocycles. The molecule has 140 valence electrons. The van der Waals surface area contributed by atoms with Crippen LogP contribution in [-0.2, 0) is 22.6 Å². The summed E-state index contributed by atoms with van der Waals surface area (Å²) in [6.45, 7) is -0.157. The monoisotopic (exact) mass is 369 g/mol. The highest BCUT2D eigenvalue weighted by Crippen LogP contribution is 2.13. The summed E-state index contributed by atoms with van der Waals surface area (Å²) in [5.74, 6) is -1.20. The molecule has 1 aliphatic heterocycles. The van der Waals surface area contributed by atoms with Gasteiger partial charge in [0.05, 0.1) is 0 Å². The third-order valence-corrected chi connectivity index (χ3v) is 4.42. The summed E-state index contributed by atoms with van der Waals surface area (Å²) < 4.78 is 13.3. The number of hydrogen-bond acceptors (Lipinski definition) is 3. The first-order valence-electron chi connectivity index (χ1n) is 8.58. The maximum Gasteiger partial charge on any atom is 0.325 e. The number of carbonyl (C=O) groups is 3. The van der Waals surface area contributed by atoms with Crippen molar-refractivity contribution in [3.05, 3.63) is 71.5 Å². The van der Waals surface area contributed by atoms with Crippen LogP contribution < -0.4 is 5.32 Å². The minimum absolute atomic E-state index is 0.188. The van der Waals surface area contributed by atoms with E-state index in [1.54, 1.807) is 19.2 Å². The van der Waals surface area contributed by atoms with E-state index < -0.39 is 23.9 Å². The SMILES string of the molecule is CN(Cc1cccc(F)c1)C(=O)CN1C(=O)N[C@H](Cc2ccccc2)C1=O. The summed E-state index contributed by atoms with van der Waals surface area (Å²) in [6, 6.07) is 14.0. The van der Waals surface area contributed by atoms with Gasteiger partial charge in [-0.15, -0.1) is 0 Å². The number of nitrogens with zero attached hydrogens (tertiary/aromatic N) is 2. The van der Waals surface area contributed by atoms with Gasteiger partial charge < -0.3 is 10.2 Å². The zero-order valence-electron chi connectivity index (χ0n) is 14.9. The largest absolute Gasteiger partial charge is 0.340 e. The van der Waals surface area contributed by atoms with Crippen molar-refractivity contribution in [3.8, 4) is 0 Å². The Labute approximate surface area is 156 Å².